The fraction of sp³-hybridized carbons (Fsp3) is 0.312. The van der Waals surface area contributed by atoms with E-state index in [9.17, 15) is 0 Å². The molecule has 1 heterocycles. The predicted octanol–water partition coefficient (Wildman–Crippen LogP) is 4.57. The molecule has 0 saturated heterocycles. The molecule has 0 fully saturated rings. The van der Waals surface area contributed by atoms with E-state index in [0.29, 0.717) is 6.04 Å². The summed E-state index contributed by atoms with van der Waals surface area (Å²) < 4.78 is 0. The lowest BCUT2D eigenvalue weighted by atomic mass is 10.1. The summed E-state index contributed by atoms with van der Waals surface area (Å²) in [5, 5.41) is 4.39. The highest BCUT2D eigenvalue weighted by Gasteiger charge is 2.12. The van der Waals surface area contributed by atoms with Crippen LogP contribution in [0.3, 0.4) is 0 Å². The lowest BCUT2D eigenvalue weighted by Gasteiger charge is -2.18. The van der Waals surface area contributed by atoms with Crippen molar-refractivity contribution in [1.82, 2.24) is 10.3 Å². The minimum atomic E-state index is 0.296. The molecule has 2 nitrogen and oxygen atoms in total. The van der Waals surface area contributed by atoms with Gasteiger partial charge in [-0.1, -0.05) is 36.7 Å². The van der Waals surface area contributed by atoms with E-state index in [1.807, 2.05) is 36.7 Å². The van der Waals surface area contributed by atoms with E-state index in [4.69, 9.17) is 11.6 Å². The molecule has 1 aromatic carbocycles. The van der Waals surface area contributed by atoms with Crippen molar-refractivity contribution in [1.29, 1.82) is 0 Å². The number of nitrogens with zero attached hydrogens (tertiary/aromatic N) is 1. The Bertz CT molecular complexity index is 519. The lowest BCUT2D eigenvalue weighted by Crippen LogP contribution is -2.24. The third-order valence-corrected chi connectivity index (χ3v) is 4.58. The third kappa shape index (κ3) is 4.51. The number of hydrogen-bond acceptors (Lipinski definition) is 3. The average molecular weight is 307 g/mol. The first-order valence-corrected chi connectivity index (χ1v) is 8.18. The normalized spacial score (nSPS) is 12.3. The van der Waals surface area contributed by atoms with Gasteiger partial charge >= 0.3 is 0 Å². The first kappa shape index (κ1) is 15.4. The van der Waals surface area contributed by atoms with Crippen molar-refractivity contribution >= 4 is 23.4 Å². The van der Waals surface area contributed by atoms with Gasteiger partial charge in [-0.3, -0.25) is 4.98 Å². The van der Waals surface area contributed by atoms with Crippen LogP contribution in [-0.4, -0.2) is 17.3 Å². The standard InChI is InChI=1S/C16H19ClN2S/c1-2-9-19-15(13-6-5-10-18-11-13)12-20-16-8-4-3-7-14(16)17/h3-8,10-11,15,19H,2,9,12H2,1H3. The quantitative estimate of drug-likeness (QED) is 0.759. The molecule has 0 amide bonds. The first-order chi connectivity index (χ1) is 9.81. The van der Waals surface area contributed by atoms with Crippen LogP contribution in [0.25, 0.3) is 0 Å². The van der Waals surface area contributed by atoms with E-state index in [1.165, 1.54) is 5.56 Å². The number of hydrogen-bond donors (Lipinski definition) is 1. The Labute approximate surface area is 130 Å². The minimum absolute atomic E-state index is 0.296. The Balaban J connectivity index is 2.03. The number of halogens is 1. The molecule has 2 aromatic rings. The molecule has 1 N–H and O–H groups in total. The molecule has 1 atom stereocenters. The molecule has 2 rings (SSSR count). The van der Waals surface area contributed by atoms with Gasteiger partial charge in [-0.2, -0.15) is 0 Å². The van der Waals surface area contributed by atoms with Gasteiger partial charge in [0.2, 0.25) is 0 Å². The number of benzene rings is 1. The van der Waals surface area contributed by atoms with Crippen molar-refractivity contribution in [2.45, 2.75) is 24.3 Å². The molecule has 0 bridgehead atoms. The van der Waals surface area contributed by atoms with Gasteiger partial charge in [0.1, 0.15) is 0 Å². The molecule has 1 aromatic heterocycles. The maximum atomic E-state index is 6.20. The molecule has 0 saturated carbocycles. The first-order valence-electron chi connectivity index (χ1n) is 6.82. The summed E-state index contributed by atoms with van der Waals surface area (Å²) in [6.07, 6.45) is 4.86. The van der Waals surface area contributed by atoms with Crippen LogP contribution in [0.5, 0.6) is 0 Å². The Morgan fingerprint density at radius 3 is 2.80 bits per heavy atom. The molecule has 0 aliphatic rings. The smallest absolute Gasteiger partial charge is 0.0541 e. The summed E-state index contributed by atoms with van der Waals surface area (Å²) in [7, 11) is 0. The molecule has 0 radical (unpaired) electrons. The zero-order valence-corrected chi connectivity index (χ0v) is 13.1. The molecule has 0 aliphatic carbocycles. The topological polar surface area (TPSA) is 24.9 Å². The molecule has 20 heavy (non-hydrogen) atoms. The maximum absolute atomic E-state index is 6.20. The SMILES string of the molecule is CCCNC(CSc1ccccc1Cl)c1cccnc1. The van der Waals surface area contributed by atoms with Crippen LogP contribution in [0.2, 0.25) is 5.02 Å². The van der Waals surface area contributed by atoms with Gasteiger partial charge in [0, 0.05) is 29.1 Å². The molecular weight excluding hydrogens is 288 g/mol. The lowest BCUT2D eigenvalue weighted by molar-refractivity contribution is 0.576. The van der Waals surface area contributed by atoms with Gasteiger partial charge in [0.15, 0.2) is 0 Å². The van der Waals surface area contributed by atoms with Crippen molar-refractivity contribution < 1.29 is 0 Å². The summed E-state index contributed by atoms with van der Waals surface area (Å²) in [6, 6.07) is 12.4. The Morgan fingerprint density at radius 2 is 2.10 bits per heavy atom. The van der Waals surface area contributed by atoms with E-state index in [0.717, 1.165) is 28.6 Å². The monoisotopic (exact) mass is 306 g/mol. The van der Waals surface area contributed by atoms with Crippen molar-refractivity contribution in [3.63, 3.8) is 0 Å². The van der Waals surface area contributed by atoms with Crippen LogP contribution in [0.15, 0.2) is 53.7 Å². The maximum Gasteiger partial charge on any atom is 0.0541 e. The fourth-order valence-electron chi connectivity index (χ4n) is 1.91. The molecule has 0 aliphatic heterocycles. The second-order valence-electron chi connectivity index (χ2n) is 4.53. The van der Waals surface area contributed by atoms with Crippen LogP contribution < -0.4 is 5.32 Å². The van der Waals surface area contributed by atoms with Crippen LogP contribution in [0, 0.1) is 0 Å². The largest absolute Gasteiger partial charge is 0.309 e. The van der Waals surface area contributed by atoms with Gasteiger partial charge in [0.25, 0.3) is 0 Å². The van der Waals surface area contributed by atoms with Crippen molar-refractivity contribution in [2.24, 2.45) is 0 Å². The highest BCUT2D eigenvalue weighted by atomic mass is 35.5. The van der Waals surface area contributed by atoms with Gasteiger partial charge in [-0.05, 0) is 36.7 Å². The number of aromatic nitrogens is 1. The van der Waals surface area contributed by atoms with E-state index in [2.05, 4.69) is 29.4 Å². The van der Waals surface area contributed by atoms with Gasteiger partial charge < -0.3 is 5.32 Å². The molecule has 106 valence electrons. The van der Waals surface area contributed by atoms with E-state index in [1.54, 1.807) is 11.8 Å². The Kier molecular flexibility index (Phi) is 6.37. The number of nitrogens with one attached hydrogen (secondary N) is 1. The number of rotatable bonds is 7. The van der Waals surface area contributed by atoms with Crippen molar-refractivity contribution in [2.75, 3.05) is 12.3 Å². The van der Waals surface area contributed by atoms with Gasteiger partial charge in [0.05, 0.1) is 5.02 Å². The second kappa shape index (κ2) is 8.30. The third-order valence-electron chi connectivity index (χ3n) is 2.97. The summed E-state index contributed by atoms with van der Waals surface area (Å²) >= 11 is 7.98. The molecule has 0 spiro atoms. The van der Waals surface area contributed by atoms with Crippen molar-refractivity contribution in [3.05, 3.63) is 59.4 Å². The zero-order valence-electron chi connectivity index (χ0n) is 11.6. The van der Waals surface area contributed by atoms with Crippen LogP contribution in [-0.2, 0) is 0 Å². The van der Waals surface area contributed by atoms with Gasteiger partial charge in [-0.25, -0.2) is 0 Å². The van der Waals surface area contributed by atoms with Crippen LogP contribution in [0.1, 0.15) is 24.9 Å². The molecular formula is C16H19ClN2S. The Hall–Kier alpha value is -1.03. The van der Waals surface area contributed by atoms with E-state index < -0.39 is 0 Å². The Morgan fingerprint density at radius 1 is 1.25 bits per heavy atom. The average Bonchev–Trinajstić information content (AvgIpc) is 2.50. The summed E-state index contributed by atoms with van der Waals surface area (Å²) in [5.74, 6) is 0.940. The molecule has 4 heteroatoms. The van der Waals surface area contributed by atoms with Crippen molar-refractivity contribution in [3.8, 4) is 0 Å². The number of thioether (sulfide) groups is 1. The predicted molar refractivity (Wildman–Crippen MR) is 87.4 cm³/mol. The fourth-order valence-corrected chi connectivity index (χ4v) is 3.25. The van der Waals surface area contributed by atoms with Crippen LogP contribution >= 0.6 is 23.4 Å². The van der Waals surface area contributed by atoms with Gasteiger partial charge in [-0.15, -0.1) is 11.8 Å². The second-order valence-corrected chi connectivity index (χ2v) is 6.00. The zero-order chi connectivity index (χ0) is 14.2. The van der Waals surface area contributed by atoms with Crippen LogP contribution in [0.4, 0.5) is 0 Å². The molecule has 1 unspecified atom stereocenters. The van der Waals surface area contributed by atoms with E-state index >= 15 is 0 Å². The summed E-state index contributed by atoms with van der Waals surface area (Å²) in [5.41, 5.74) is 1.22. The summed E-state index contributed by atoms with van der Waals surface area (Å²) in [6.45, 7) is 3.18. The highest BCUT2D eigenvalue weighted by Crippen LogP contribution is 2.29. The highest BCUT2D eigenvalue weighted by molar-refractivity contribution is 7.99. The summed E-state index contributed by atoms with van der Waals surface area (Å²) in [4.78, 5) is 5.34. The van der Waals surface area contributed by atoms with E-state index in [-0.39, 0.29) is 0 Å². The minimum Gasteiger partial charge on any atom is -0.309 e. The number of pyridine rings is 1.